The molecule has 9 heteroatoms. The lowest BCUT2D eigenvalue weighted by molar-refractivity contribution is -0.147. The minimum Gasteiger partial charge on any atom is -0.368 e. The summed E-state index contributed by atoms with van der Waals surface area (Å²) in [7, 11) is 0. The van der Waals surface area contributed by atoms with E-state index in [1.54, 1.807) is 4.90 Å². The van der Waals surface area contributed by atoms with E-state index in [-0.39, 0.29) is 47.4 Å². The standard InChI is InChI=1S/C23H37N5O4/c1-23(8-3-2-4-9-23)18(24)22(32)28-15-6-5-13(11-15)17(28)21(31)27-16(19(25)29)12-14-7-10-26-20(14)30/h13-18H,2-12,24H2,1H3,(H2,25,29)(H,26,30)(H,27,31)/t13-,14-,15+,16-,17-,18+/m0/s1. The van der Waals surface area contributed by atoms with E-state index < -0.39 is 24.0 Å². The second-order valence-corrected chi connectivity index (χ2v) is 10.6. The Bertz CT molecular complexity index is 780. The van der Waals surface area contributed by atoms with Crippen LogP contribution < -0.4 is 22.1 Å². The van der Waals surface area contributed by atoms with Gasteiger partial charge in [-0.1, -0.05) is 26.2 Å². The van der Waals surface area contributed by atoms with Crippen LogP contribution in [0.4, 0.5) is 0 Å². The smallest absolute Gasteiger partial charge is 0.243 e. The van der Waals surface area contributed by atoms with Crippen molar-refractivity contribution in [2.24, 2.45) is 28.7 Å². The van der Waals surface area contributed by atoms with E-state index in [0.717, 1.165) is 44.9 Å². The van der Waals surface area contributed by atoms with Crippen LogP contribution in [0.25, 0.3) is 0 Å². The number of fused-ring (bicyclic) bond motifs is 2. The number of nitrogens with two attached hydrogens (primary N) is 2. The van der Waals surface area contributed by atoms with Gasteiger partial charge in [-0.3, -0.25) is 19.2 Å². The third kappa shape index (κ3) is 4.23. The summed E-state index contributed by atoms with van der Waals surface area (Å²) in [6.45, 7) is 2.65. The first-order chi connectivity index (χ1) is 15.2. The van der Waals surface area contributed by atoms with Crippen LogP contribution in [0, 0.1) is 17.3 Å². The van der Waals surface area contributed by atoms with Crippen molar-refractivity contribution >= 4 is 23.6 Å². The highest BCUT2D eigenvalue weighted by atomic mass is 16.2. The average Bonchev–Trinajstić information content (AvgIpc) is 3.49. The van der Waals surface area contributed by atoms with Gasteiger partial charge in [-0.05, 0) is 56.3 Å². The molecule has 9 nitrogen and oxygen atoms in total. The Labute approximate surface area is 189 Å². The van der Waals surface area contributed by atoms with Gasteiger partial charge < -0.3 is 27.0 Å². The van der Waals surface area contributed by atoms with Crippen LogP contribution in [-0.2, 0) is 19.2 Å². The Hall–Kier alpha value is -2.16. The number of carbonyl (C=O) groups is 4. The number of nitrogens with one attached hydrogen (secondary N) is 2. The number of rotatable bonds is 7. The molecule has 2 saturated carbocycles. The molecule has 0 unspecified atom stereocenters. The first kappa shape index (κ1) is 23.0. The number of carbonyl (C=O) groups excluding carboxylic acids is 4. The van der Waals surface area contributed by atoms with Crippen molar-refractivity contribution in [1.82, 2.24) is 15.5 Å². The fourth-order valence-corrected chi connectivity index (χ4v) is 6.43. The van der Waals surface area contributed by atoms with Gasteiger partial charge >= 0.3 is 0 Å². The number of nitrogens with zero attached hydrogens (tertiary/aromatic N) is 1. The van der Waals surface area contributed by atoms with Crippen LogP contribution in [0.5, 0.6) is 0 Å². The monoisotopic (exact) mass is 447 g/mol. The Kier molecular flexibility index (Phi) is 6.47. The van der Waals surface area contributed by atoms with Gasteiger partial charge in [-0.2, -0.15) is 0 Å². The van der Waals surface area contributed by atoms with Crippen molar-refractivity contribution in [3.8, 4) is 0 Å². The summed E-state index contributed by atoms with van der Waals surface area (Å²) in [5.74, 6) is -1.55. The van der Waals surface area contributed by atoms with Crippen molar-refractivity contribution in [2.45, 2.75) is 95.3 Å². The van der Waals surface area contributed by atoms with E-state index >= 15 is 0 Å². The molecule has 32 heavy (non-hydrogen) atoms. The highest BCUT2D eigenvalue weighted by molar-refractivity contribution is 5.94. The SMILES string of the molecule is CC1([C@H](N)C(=O)N2[C@@H]3CC[C@@H](C3)[C@H]2C(=O)N[C@@H](C[C@@H]2CCNC2=O)C(N)=O)CCCCC1. The van der Waals surface area contributed by atoms with E-state index in [0.29, 0.717) is 13.0 Å². The normalized spacial score (nSPS) is 32.9. The fraction of sp³-hybridized carbons (Fsp3) is 0.826. The molecule has 0 spiro atoms. The molecule has 2 saturated heterocycles. The number of amides is 4. The van der Waals surface area contributed by atoms with E-state index in [2.05, 4.69) is 17.6 Å². The van der Waals surface area contributed by atoms with E-state index in [9.17, 15) is 19.2 Å². The first-order valence-corrected chi connectivity index (χ1v) is 12.2. The van der Waals surface area contributed by atoms with Gasteiger partial charge in [-0.15, -0.1) is 0 Å². The maximum Gasteiger partial charge on any atom is 0.243 e. The largest absolute Gasteiger partial charge is 0.368 e. The van der Waals surface area contributed by atoms with Crippen LogP contribution in [0.2, 0.25) is 0 Å². The molecule has 2 aliphatic carbocycles. The molecule has 178 valence electrons. The lowest BCUT2D eigenvalue weighted by Crippen LogP contribution is -2.61. The van der Waals surface area contributed by atoms with Crippen LogP contribution in [0.3, 0.4) is 0 Å². The molecule has 0 aromatic carbocycles. The average molecular weight is 448 g/mol. The summed E-state index contributed by atoms with van der Waals surface area (Å²) in [4.78, 5) is 52.6. The van der Waals surface area contributed by atoms with E-state index in [4.69, 9.17) is 11.5 Å². The molecule has 0 radical (unpaired) electrons. The van der Waals surface area contributed by atoms with Crippen molar-refractivity contribution < 1.29 is 19.2 Å². The Morgan fingerprint density at radius 2 is 1.91 bits per heavy atom. The van der Waals surface area contributed by atoms with Crippen molar-refractivity contribution in [1.29, 1.82) is 0 Å². The molecule has 4 aliphatic rings. The zero-order valence-electron chi connectivity index (χ0n) is 19.0. The van der Waals surface area contributed by atoms with Crippen LogP contribution in [0.1, 0.15) is 71.1 Å². The highest BCUT2D eigenvalue weighted by Gasteiger charge is 2.54. The van der Waals surface area contributed by atoms with Crippen molar-refractivity contribution in [3.05, 3.63) is 0 Å². The van der Waals surface area contributed by atoms with Gasteiger partial charge in [-0.25, -0.2) is 0 Å². The lowest BCUT2D eigenvalue weighted by atomic mass is 9.70. The number of likely N-dealkylation sites (tertiary alicyclic amines) is 1. The summed E-state index contributed by atoms with van der Waals surface area (Å²) in [6, 6.07) is -2.17. The number of hydrogen-bond acceptors (Lipinski definition) is 5. The minimum absolute atomic E-state index is 0.0223. The minimum atomic E-state index is -0.933. The first-order valence-electron chi connectivity index (χ1n) is 12.2. The van der Waals surface area contributed by atoms with Crippen LogP contribution in [0.15, 0.2) is 0 Å². The molecule has 4 amide bonds. The Morgan fingerprint density at radius 1 is 1.19 bits per heavy atom. The Morgan fingerprint density at radius 3 is 2.53 bits per heavy atom. The van der Waals surface area contributed by atoms with E-state index in [1.165, 1.54) is 6.42 Å². The van der Waals surface area contributed by atoms with Crippen molar-refractivity contribution in [3.63, 3.8) is 0 Å². The predicted octanol–water partition coefficient (Wildman–Crippen LogP) is 0.160. The third-order valence-electron chi connectivity index (χ3n) is 8.46. The molecule has 6 N–H and O–H groups in total. The van der Waals surface area contributed by atoms with Gasteiger partial charge in [0.05, 0.1) is 6.04 Å². The van der Waals surface area contributed by atoms with Gasteiger partial charge in [0.2, 0.25) is 23.6 Å². The van der Waals surface area contributed by atoms with Crippen LogP contribution >= 0.6 is 0 Å². The zero-order chi connectivity index (χ0) is 23.0. The zero-order valence-corrected chi connectivity index (χ0v) is 19.0. The predicted molar refractivity (Wildman–Crippen MR) is 118 cm³/mol. The molecular weight excluding hydrogens is 410 g/mol. The van der Waals surface area contributed by atoms with Crippen molar-refractivity contribution in [2.75, 3.05) is 6.54 Å². The maximum absolute atomic E-state index is 13.6. The number of primary amides is 1. The molecule has 0 aromatic heterocycles. The Balaban J connectivity index is 1.48. The molecule has 2 aliphatic heterocycles. The quantitative estimate of drug-likeness (QED) is 0.439. The molecular formula is C23H37N5O4. The summed E-state index contributed by atoms with van der Waals surface area (Å²) in [5, 5.41) is 5.52. The molecule has 2 heterocycles. The number of piperidine rings is 1. The maximum atomic E-state index is 13.6. The molecule has 4 fully saturated rings. The van der Waals surface area contributed by atoms with Gasteiger partial charge in [0.1, 0.15) is 12.1 Å². The molecule has 6 atom stereocenters. The summed E-state index contributed by atoms with van der Waals surface area (Å²) in [5.41, 5.74) is 11.8. The topological polar surface area (TPSA) is 148 Å². The lowest BCUT2D eigenvalue weighted by Gasteiger charge is -2.43. The highest BCUT2D eigenvalue weighted by Crippen LogP contribution is 2.45. The molecule has 0 aromatic rings. The summed E-state index contributed by atoms with van der Waals surface area (Å²) < 4.78 is 0. The van der Waals surface area contributed by atoms with Gasteiger partial charge in [0.25, 0.3) is 0 Å². The fourth-order valence-electron chi connectivity index (χ4n) is 6.43. The second-order valence-electron chi connectivity index (χ2n) is 10.6. The summed E-state index contributed by atoms with van der Waals surface area (Å²) >= 11 is 0. The van der Waals surface area contributed by atoms with E-state index in [1.807, 2.05) is 0 Å². The number of hydrogen-bond donors (Lipinski definition) is 4. The van der Waals surface area contributed by atoms with Crippen LogP contribution in [-0.4, -0.2) is 59.2 Å². The second kappa shape index (κ2) is 9.00. The third-order valence-corrected chi connectivity index (χ3v) is 8.46. The summed E-state index contributed by atoms with van der Waals surface area (Å²) in [6.07, 6.45) is 8.51. The molecule has 2 bridgehead atoms. The molecule has 4 rings (SSSR count). The van der Waals surface area contributed by atoms with Gasteiger partial charge in [0.15, 0.2) is 0 Å². The van der Waals surface area contributed by atoms with Gasteiger partial charge in [0, 0.05) is 18.5 Å².